The lowest BCUT2D eigenvalue weighted by Gasteiger charge is -2.37. The smallest absolute Gasteiger partial charge is 0.272 e. The Morgan fingerprint density at radius 3 is 2.42 bits per heavy atom. The number of pyridine rings is 1. The lowest BCUT2D eigenvalue weighted by Crippen LogP contribution is -2.52. The van der Waals surface area contributed by atoms with E-state index in [1.807, 2.05) is 52.4 Å². The number of hydrogen-bond acceptors (Lipinski definition) is 4. The normalized spacial score (nSPS) is 22.6. The van der Waals surface area contributed by atoms with E-state index in [-0.39, 0.29) is 47.9 Å². The quantitative estimate of drug-likeness (QED) is 0.357. The zero-order valence-electron chi connectivity index (χ0n) is 23.6. The van der Waals surface area contributed by atoms with Gasteiger partial charge in [0.05, 0.1) is 17.8 Å². The fraction of sp³-hybridized carbons (Fsp3) is 0.515. The third-order valence-corrected chi connectivity index (χ3v) is 9.75. The SMILES string of the molecule is CC[C@H](C)[C@H](CC(=O)c1cc2ccccc2[nH]1)C(=O)N1C[C@@H]2C[C@H]1CN2C(=O)c1ccc(C2CCCCC2)cn1. The van der Waals surface area contributed by atoms with Gasteiger partial charge in [-0.05, 0) is 54.9 Å². The highest BCUT2D eigenvalue weighted by Gasteiger charge is 2.49. The fourth-order valence-corrected chi connectivity index (χ4v) is 7.10. The van der Waals surface area contributed by atoms with E-state index in [0.717, 1.165) is 23.7 Å². The minimum atomic E-state index is -0.374. The van der Waals surface area contributed by atoms with Crippen LogP contribution >= 0.6 is 0 Å². The van der Waals surface area contributed by atoms with E-state index in [1.165, 1.54) is 37.7 Å². The second-order valence-electron chi connectivity index (χ2n) is 12.2. The number of hydrogen-bond donors (Lipinski definition) is 1. The van der Waals surface area contributed by atoms with Crippen molar-refractivity contribution in [3.05, 3.63) is 65.6 Å². The predicted octanol–water partition coefficient (Wildman–Crippen LogP) is 5.97. The molecule has 1 aliphatic carbocycles. The van der Waals surface area contributed by atoms with Gasteiger partial charge in [0, 0.05) is 42.5 Å². The minimum absolute atomic E-state index is 0.00213. The minimum Gasteiger partial charge on any atom is -0.352 e. The van der Waals surface area contributed by atoms with Crippen molar-refractivity contribution in [1.82, 2.24) is 19.8 Å². The largest absolute Gasteiger partial charge is 0.352 e. The molecular formula is C33H40N4O3. The molecular weight excluding hydrogens is 500 g/mol. The van der Waals surface area contributed by atoms with E-state index in [9.17, 15) is 14.4 Å². The molecule has 2 saturated heterocycles. The van der Waals surface area contributed by atoms with Crippen LogP contribution in [0.1, 0.15) is 97.7 Å². The zero-order chi connectivity index (χ0) is 27.8. The van der Waals surface area contributed by atoms with Crippen LogP contribution in [-0.4, -0.2) is 62.5 Å². The molecule has 0 spiro atoms. The molecule has 6 rings (SSSR count). The number of nitrogens with zero attached hydrogens (tertiary/aromatic N) is 3. The van der Waals surface area contributed by atoms with E-state index in [2.05, 4.69) is 29.9 Å². The van der Waals surface area contributed by atoms with Crippen molar-refractivity contribution in [3.8, 4) is 0 Å². The summed E-state index contributed by atoms with van der Waals surface area (Å²) < 4.78 is 0. The van der Waals surface area contributed by atoms with Gasteiger partial charge >= 0.3 is 0 Å². The number of rotatable bonds is 8. The second-order valence-corrected chi connectivity index (χ2v) is 12.2. The molecule has 2 bridgehead atoms. The van der Waals surface area contributed by atoms with Crippen molar-refractivity contribution in [2.24, 2.45) is 11.8 Å². The number of para-hydroxylation sites is 1. The summed E-state index contributed by atoms with van der Waals surface area (Å²) in [5.74, 6) is 0.259. The number of aromatic nitrogens is 2. The lowest BCUT2D eigenvalue weighted by atomic mass is 9.85. The first-order valence-corrected chi connectivity index (χ1v) is 15.1. The number of H-pyrrole nitrogens is 1. The molecule has 2 aromatic heterocycles. The van der Waals surface area contributed by atoms with Crippen molar-refractivity contribution in [2.45, 2.75) is 83.2 Å². The van der Waals surface area contributed by atoms with Gasteiger partial charge in [-0.3, -0.25) is 19.4 Å². The zero-order valence-corrected chi connectivity index (χ0v) is 23.6. The van der Waals surface area contributed by atoms with Crippen LogP contribution < -0.4 is 0 Å². The van der Waals surface area contributed by atoms with E-state index < -0.39 is 0 Å². The summed E-state index contributed by atoms with van der Waals surface area (Å²) in [6.45, 7) is 5.20. The summed E-state index contributed by atoms with van der Waals surface area (Å²) in [6, 6.07) is 13.7. The second kappa shape index (κ2) is 11.2. The molecule has 7 heteroatoms. The third-order valence-electron chi connectivity index (χ3n) is 9.75. The van der Waals surface area contributed by atoms with Crippen LogP contribution in [0, 0.1) is 11.8 Å². The summed E-state index contributed by atoms with van der Waals surface area (Å²) in [4.78, 5) is 52.2. The maximum absolute atomic E-state index is 13.9. The molecule has 1 saturated carbocycles. The van der Waals surface area contributed by atoms with Crippen molar-refractivity contribution in [1.29, 1.82) is 0 Å². The Bertz CT molecular complexity index is 1360. The number of nitrogens with one attached hydrogen (secondary N) is 1. The van der Waals surface area contributed by atoms with Crippen LogP contribution in [0.3, 0.4) is 0 Å². The number of carbonyl (C=O) groups excluding carboxylic acids is 3. The maximum Gasteiger partial charge on any atom is 0.272 e. The Morgan fingerprint density at radius 2 is 1.75 bits per heavy atom. The number of benzene rings is 1. The van der Waals surface area contributed by atoms with Crippen LogP contribution in [-0.2, 0) is 4.79 Å². The van der Waals surface area contributed by atoms with Gasteiger partial charge in [-0.25, -0.2) is 0 Å². The Morgan fingerprint density at radius 1 is 1.00 bits per heavy atom. The monoisotopic (exact) mass is 540 g/mol. The maximum atomic E-state index is 13.9. The highest BCUT2D eigenvalue weighted by Crippen LogP contribution is 2.36. The van der Waals surface area contributed by atoms with E-state index in [4.69, 9.17) is 0 Å². The van der Waals surface area contributed by atoms with E-state index >= 15 is 0 Å². The summed E-state index contributed by atoms with van der Waals surface area (Å²) in [5.41, 5.74) is 3.22. The number of amides is 2. The van der Waals surface area contributed by atoms with E-state index in [0.29, 0.717) is 30.4 Å². The Labute approximate surface area is 236 Å². The molecule has 3 aromatic rings. The number of fused-ring (bicyclic) bond motifs is 3. The van der Waals surface area contributed by atoms with Crippen LogP contribution in [0.15, 0.2) is 48.7 Å². The molecule has 7 nitrogen and oxygen atoms in total. The van der Waals surface area contributed by atoms with Gasteiger partial charge in [0.15, 0.2) is 5.78 Å². The molecule has 3 aliphatic rings. The molecule has 2 amide bonds. The standard InChI is InChI=1S/C33H40N4O3/c1-3-21(2)27(17-31(38)30-15-23-11-7-8-12-28(23)35-30)32(39)36-19-26-16-25(36)20-37(26)33(40)29-14-13-24(18-34-29)22-9-5-4-6-10-22/h7-8,11-15,18,21-22,25-27,35H,3-6,9-10,16-17,19-20H2,1-2H3/t21-,25-,26-,27-/m0/s1. The fourth-order valence-electron chi connectivity index (χ4n) is 7.10. The summed E-state index contributed by atoms with van der Waals surface area (Å²) in [5, 5.41) is 0.997. The van der Waals surface area contributed by atoms with Crippen LogP contribution in [0.4, 0.5) is 0 Å². The van der Waals surface area contributed by atoms with Gasteiger partial charge < -0.3 is 14.8 Å². The topological polar surface area (TPSA) is 86.4 Å². The first kappa shape index (κ1) is 26.7. The Balaban J connectivity index is 1.10. The first-order chi connectivity index (χ1) is 19.4. The average Bonchev–Trinajstić information content (AvgIpc) is 3.74. The first-order valence-electron chi connectivity index (χ1n) is 15.1. The van der Waals surface area contributed by atoms with Gasteiger partial charge in [-0.2, -0.15) is 0 Å². The number of Topliss-reactive ketones (excluding diaryl/α,β-unsaturated/α-hetero) is 1. The predicted molar refractivity (Wildman–Crippen MR) is 155 cm³/mol. The summed E-state index contributed by atoms with van der Waals surface area (Å²) in [6.07, 6.45) is 9.98. The number of ketones is 1. The van der Waals surface area contributed by atoms with E-state index in [1.54, 1.807) is 0 Å². The molecule has 2 aliphatic heterocycles. The van der Waals surface area contributed by atoms with Crippen LogP contribution in [0.5, 0.6) is 0 Å². The Hall–Kier alpha value is -3.48. The number of likely N-dealkylation sites (tertiary alicyclic amines) is 2. The van der Waals surface area contributed by atoms with Crippen molar-refractivity contribution in [3.63, 3.8) is 0 Å². The van der Waals surface area contributed by atoms with Gasteiger partial charge in [0.1, 0.15) is 5.69 Å². The third kappa shape index (κ3) is 5.06. The molecule has 40 heavy (non-hydrogen) atoms. The highest BCUT2D eigenvalue weighted by molar-refractivity contribution is 6.01. The highest BCUT2D eigenvalue weighted by atomic mass is 16.2. The molecule has 1 N–H and O–H groups in total. The molecule has 4 atom stereocenters. The number of piperazine rings is 1. The van der Waals surface area contributed by atoms with Crippen molar-refractivity contribution >= 4 is 28.5 Å². The molecule has 4 heterocycles. The van der Waals surface area contributed by atoms with Gasteiger partial charge in [-0.1, -0.05) is 63.8 Å². The summed E-state index contributed by atoms with van der Waals surface area (Å²) >= 11 is 0. The summed E-state index contributed by atoms with van der Waals surface area (Å²) in [7, 11) is 0. The van der Waals surface area contributed by atoms with Crippen molar-refractivity contribution in [2.75, 3.05) is 13.1 Å². The van der Waals surface area contributed by atoms with Crippen LogP contribution in [0.2, 0.25) is 0 Å². The molecule has 210 valence electrons. The van der Waals surface area contributed by atoms with Crippen molar-refractivity contribution < 1.29 is 14.4 Å². The number of aromatic amines is 1. The van der Waals surface area contributed by atoms with Gasteiger partial charge in [0.2, 0.25) is 5.91 Å². The van der Waals surface area contributed by atoms with Crippen LogP contribution in [0.25, 0.3) is 10.9 Å². The average molecular weight is 541 g/mol. The molecule has 0 unspecified atom stereocenters. The molecule has 1 aromatic carbocycles. The van der Waals surface area contributed by atoms with Gasteiger partial charge in [0.25, 0.3) is 5.91 Å². The molecule has 0 radical (unpaired) electrons. The van der Waals surface area contributed by atoms with Gasteiger partial charge in [-0.15, -0.1) is 0 Å². The molecule has 3 fully saturated rings. The number of carbonyl (C=O) groups is 3. The Kier molecular flexibility index (Phi) is 7.47. The lowest BCUT2D eigenvalue weighted by molar-refractivity contribution is -0.139.